The standard InChI is InChI=1S/C22H24FN3O.Na/c1-14(2)20-12-21(26-22(25-20)24-13-15-6-5-11-27-15)18-9-10-19(23)17-8-4-3-7-16(17)18;/h3-4,7-10,12,14-15H,5-6,11,13H2,1-2H3,(H,24,25,26);. The Bertz CT molecular complexity index is 958. The van der Waals surface area contributed by atoms with Crippen LogP contribution in [0.3, 0.4) is 0 Å². The summed E-state index contributed by atoms with van der Waals surface area (Å²) in [6.07, 6.45) is 2.38. The molecule has 1 unspecified atom stereocenters. The number of aromatic nitrogens is 2. The number of hydrogen-bond donors (Lipinski definition) is 1. The molecule has 0 spiro atoms. The fraction of sp³-hybridized carbons (Fsp3) is 0.364. The Morgan fingerprint density at radius 3 is 2.64 bits per heavy atom. The molecule has 1 aliphatic heterocycles. The van der Waals surface area contributed by atoms with Gasteiger partial charge < -0.3 is 10.1 Å². The molecule has 1 saturated heterocycles. The van der Waals surface area contributed by atoms with Crippen LogP contribution in [-0.2, 0) is 4.74 Å². The Morgan fingerprint density at radius 2 is 1.93 bits per heavy atom. The van der Waals surface area contributed by atoms with Crippen molar-refractivity contribution in [3.05, 3.63) is 54.0 Å². The fourth-order valence-electron chi connectivity index (χ4n) is 3.47. The summed E-state index contributed by atoms with van der Waals surface area (Å²) >= 11 is 0. The molecule has 1 aliphatic rings. The van der Waals surface area contributed by atoms with Crippen LogP contribution in [0.1, 0.15) is 38.3 Å². The van der Waals surface area contributed by atoms with Gasteiger partial charge in [0.05, 0.1) is 11.8 Å². The topological polar surface area (TPSA) is 47.0 Å². The van der Waals surface area contributed by atoms with Crippen LogP contribution in [0.25, 0.3) is 22.0 Å². The van der Waals surface area contributed by atoms with E-state index in [0.29, 0.717) is 17.9 Å². The third-order valence-corrected chi connectivity index (χ3v) is 5.00. The number of nitrogens with one attached hydrogen (secondary N) is 1. The van der Waals surface area contributed by atoms with Crippen molar-refractivity contribution in [3.8, 4) is 11.3 Å². The number of ether oxygens (including phenoxy) is 1. The molecule has 2 aromatic carbocycles. The minimum atomic E-state index is -0.218. The molecule has 1 aromatic heterocycles. The first-order chi connectivity index (χ1) is 13.1. The molecule has 1 N–H and O–H groups in total. The van der Waals surface area contributed by atoms with Crippen LogP contribution in [0.4, 0.5) is 10.3 Å². The Labute approximate surface area is 187 Å². The molecule has 0 bridgehead atoms. The van der Waals surface area contributed by atoms with Crippen LogP contribution in [0.5, 0.6) is 0 Å². The van der Waals surface area contributed by atoms with Crippen molar-refractivity contribution in [1.82, 2.24) is 9.97 Å². The smallest absolute Gasteiger partial charge is 0.223 e. The van der Waals surface area contributed by atoms with E-state index in [4.69, 9.17) is 9.72 Å². The number of fused-ring (bicyclic) bond motifs is 1. The van der Waals surface area contributed by atoms with Crippen LogP contribution in [0, 0.1) is 5.82 Å². The van der Waals surface area contributed by atoms with Gasteiger partial charge in [0.15, 0.2) is 0 Å². The maximum atomic E-state index is 14.2. The molecule has 2 heterocycles. The zero-order valence-electron chi connectivity index (χ0n) is 16.7. The molecule has 28 heavy (non-hydrogen) atoms. The minimum absolute atomic E-state index is 0. The van der Waals surface area contributed by atoms with Crippen molar-refractivity contribution in [2.45, 2.75) is 38.7 Å². The van der Waals surface area contributed by atoms with Gasteiger partial charge in [0, 0.05) is 59.4 Å². The van der Waals surface area contributed by atoms with Gasteiger partial charge in [0.2, 0.25) is 5.95 Å². The number of hydrogen-bond acceptors (Lipinski definition) is 4. The molecule has 0 saturated carbocycles. The Kier molecular flexibility index (Phi) is 7.05. The molecular formula is C22H24FN3NaO. The van der Waals surface area contributed by atoms with E-state index in [9.17, 15) is 4.39 Å². The number of nitrogens with zero attached hydrogens (tertiary/aromatic N) is 2. The molecule has 1 atom stereocenters. The summed E-state index contributed by atoms with van der Waals surface area (Å²) in [5.74, 6) is 0.645. The molecule has 1 radical (unpaired) electrons. The van der Waals surface area contributed by atoms with E-state index in [1.54, 1.807) is 12.1 Å². The van der Waals surface area contributed by atoms with Gasteiger partial charge in [0.1, 0.15) is 5.82 Å². The van der Waals surface area contributed by atoms with Crippen molar-refractivity contribution >= 4 is 46.3 Å². The second-order valence-electron chi connectivity index (χ2n) is 7.31. The fourth-order valence-corrected chi connectivity index (χ4v) is 3.47. The van der Waals surface area contributed by atoms with Crippen LogP contribution >= 0.6 is 0 Å². The van der Waals surface area contributed by atoms with E-state index < -0.39 is 0 Å². The molecule has 4 rings (SSSR count). The van der Waals surface area contributed by atoms with Crippen LogP contribution in [0.2, 0.25) is 0 Å². The molecule has 141 valence electrons. The van der Waals surface area contributed by atoms with Crippen LogP contribution < -0.4 is 5.32 Å². The quantitative estimate of drug-likeness (QED) is 0.640. The van der Waals surface area contributed by atoms with Gasteiger partial charge in [-0.3, -0.25) is 0 Å². The summed E-state index contributed by atoms with van der Waals surface area (Å²) in [4.78, 5) is 9.39. The summed E-state index contributed by atoms with van der Waals surface area (Å²) in [6.45, 7) is 5.74. The van der Waals surface area contributed by atoms with E-state index in [0.717, 1.165) is 41.8 Å². The van der Waals surface area contributed by atoms with Crippen molar-refractivity contribution < 1.29 is 9.13 Å². The number of halogens is 1. The molecule has 3 aromatic rings. The zero-order chi connectivity index (χ0) is 18.8. The van der Waals surface area contributed by atoms with E-state index >= 15 is 0 Å². The monoisotopic (exact) mass is 388 g/mol. The largest absolute Gasteiger partial charge is 0.376 e. The summed E-state index contributed by atoms with van der Waals surface area (Å²) in [7, 11) is 0. The average Bonchev–Trinajstić information content (AvgIpc) is 3.20. The van der Waals surface area contributed by atoms with Gasteiger partial charge in [-0.25, -0.2) is 14.4 Å². The van der Waals surface area contributed by atoms with Gasteiger partial charge in [-0.2, -0.15) is 0 Å². The first-order valence-corrected chi connectivity index (χ1v) is 9.54. The first-order valence-electron chi connectivity index (χ1n) is 9.54. The molecule has 0 amide bonds. The third-order valence-electron chi connectivity index (χ3n) is 5.00. The van der Waals surface area contributed by atoms with Gasteiger partial charge >= 0.3 is 0 Å². The van der Waals surface area contributed by atoms with Gasteiger partial charge in [0.25, 0.3) is 0 Å². The van der Waals surface area contributed by atoms with Crippen LogP contribution in [-0.4, -0.2) is 58.8 Å². The first kappa shape index (κ1) is 21.2. The van der Waals surface area contributed by atoms with Gasteiger partial charge in [-0.05, 0) is 42.3 Å². The average molecular weight is 388 g/mol. The van der Waals surface area contributed by atoms with Crippen molar-refractivity contribution in [2.75, 3.05) is 18.5 Å². The molecule has 1 fully saturated rings. The number of rotatable bonds is 5. The van der Waals surface area contributed by atoms with E-state index in [1.165, 1.54) is 6.07 Å². The van der Waals surface area contributed by atoms with Gasteiger partial charge in [-0.1, -0.05) is 38.1 Å². The van der Waals surface area contributed by atoms with E-state index in [2.05, 4.69) is 24.1 Å². The van der Waals surface area contributed by atoms with Crippen molar-refractivity contribution in [2.24, 2.45) is 0 Å². The Hall–Kier alpha value is -1.53. The SMILES string of the molecule is CC(C)c1cc(-c2ccc(F)c3ccccc23)nc(NCC2CCCO2)n1.[Na]. The maximum absolute atomic E-state index is 14.2. The Balaban J connectivity index is 0.00000225. The predicted molar refractivity (Wildman–Crippen MR) is 112 cm³/mol. The third kappa shape index (κ3) is 4.54. The normalized spacial score (nSPS) is 16.4. The second-order valence-corrected chi connectivity index (χ2v) is 7.31. The van der Waals surface area contributed by atoms with Crippen molar-refractivity contribution in [3.63, 3.8) is 0 Å². The van der Waals surface area contributed by atoms with E-state index in [1.807, 2.05) is 24.3 Å². The summed E-state index contributed by atoms with van der Waals surface area (Å²) in [5, 5.41) is 4.79. The molecule has 6 heteroatoms. The summed E-state index contributed by atoms with van der Waals surface area (Å²) < 4.78 is 19.9. The zero-order valence-corrected chi connectivity index (χ0v) is 18.7. The molecular weight excluding hydrogens is 364 g/mol. The summed E-state index contributed by atoms with van der Waals surface area (Å²) in [5.41, 5.74) is 2.68. The molecule has 0 aliphatic carbocycles. The van der Waals surface area contributed by atoms with Gasteiger partial charge in [-0.15, -0.1) is 0 Å². The number of benzene rings is 2. The number of anilines is 1. The second kappa shape index (κ2) is 9.31. The van der Waals surface area contributed by atoms with Crippen molar-refractivity contribution in [1.29, 1.82) is 0 Å². The Morgan fingerprint density at radius 1 is 1.14 bits per heavy atom. The van der Waals surface area contributed by atoms with E-state index in [-0.39, 0.29) is 47.4 Å². The minimum Gasteiger partial charge on any atom is -0.376 e. The van der Waals surface area contributed by atoms with Crippen LogP contribution in [0.15, 0.2) is 42.5 Å². The predicted octanol–water partition coefficient (Wildman–Crippen LogP) is 4.77. The summed E-state index contributed by atoms with van der Waals surface area (Å²) in [6, 6.07) is 12.8. The molecule has 4 nitrogen and oxygen atoms in total. The maximum Gasteiger partial charge on any atom is 0.223 e.